The minimum atomic E-state index is -0.976. The molecule has 0 aliphatic carbocycles. The summed E-state index contributed by atoms with van der Waals surface area (Å²) in [7, 11) is 0. The Morgan fingerprint density at radius 3 is 1.93 bits per heavy atom. The number of carbonyl (C=O) groups is 1. The fraction of sp³-hybridized carbons (Fsp3) is 0.182. The van der Waals surface area contributed by atoms with Gasteiger partial charge in [-0.15, -0.1) is 0 Å². The van der Waals surface area contributed by atoms with E-state index in [0.29, 0.717) is 5.56 Å². The number of carboxylic acid groups (broad SMARTS) is 1. The minimum absolute atomic E-state index is 0.125. The van der Waals surface area contributed by atoms with Crippen LogP contribution < -0.4 is 0 Å². The van der Waals surface area contributed by atoms with E-state index in [1.807, 2.05) is 6.07 Å². The van der Waals surface area contributed by atoms with E-state index in [1.165, 1.54) is 0 Å². The predicted molar refractivity (Wildman–Crippen MR) is 57.3 cm³/mol. The van der Waals surface area contributed by atoms with Crippen molar-refractivity contribution in [3.63, 3.8) is 0 Å². The van der Waals surface area contributed by atoms with Gasteiger partial charge < -0.3 is 15.3 Å². The third-order valence-corrected chi connectivity index (χ3v) is 1.48. The van der Waals surface area contributed by atoms with Crippen molar-refractivity contribution in [2.24, 2.45) is 0 Å². The molecule has 1 aromatic carbocycles. The van der Waals surface area contributed by atoms with Crippen LogP contribution in [0, 0.1) is 0 Å². The van der Waals surface area contributed by atoms with E-state index in [1.54, 1.807) is 24.3 Å². The van der Waals surface area contributed by atoms with Crippen molar-refractivity contribution in [1.82, 2.24) is 0 Å². The number of hydrogen-bond donors (Lipinski definition) is 3. The summed E-state index contributed by atoms with van der Waals surface area (Å²) in [5.41, 5.74) is 0.783. The Hall–Kier alpha value is -1.65. The van der Waals surface area contributed by atoms with E-state index in [4.69, 9.17) is 15.3 Å². The van der Waals surface area contributed by atoms with Crippen molar-refractivity contribution in [3.8, 4) is 0 Å². The van der Waals surface area contributed by atoms with E-state index >= 15 is 0 Å². The van der Waals surface area contributed by atoms with Crippen molar-refractivity contribution < 1.29 is 20.1 Å². The summed E-state index contributed by atoms with van der Waals surface area (Å²) in [6.07, 6.45) is 0. The quantitative estimate of drug-likeness (QED) is 0.643. The van der Waals surface area contributed by atoms with Crippen LogP contribution in [0.1, 0.15) is 5.56 Å². The number of aliphatic hydroxyl groups excluding tert-OH is 2. The highest BCUT2D eigenvalue weighted by molar-refractivity contribution is 6.14. The van der Waals surface area contributed by atoms with Crippen LogP contribution >= 0.6 is 0 Å². The van der Waals surface area contributed by atoms with Gasteiger partial charge in [-0.2, -0.15) is 0 Å². The van der Waals surface area contributed by atoms with E-state index in [9.17, 15) is 4.79 Å². The highest BCUT2D eigenvalue weighted by Gasteiger charge is 2.04. The van der Waals surface area contributed by atoms with E-state index in [2.05, 4.69) is 6.58 Å². The summed E-state index contributed by atoms with van der Waals surface area (Å²) >= 11 is 0. The average molecular weight is 210 g/mol. The van der Waals surface area contributed by atoms with Crippen LogP contribution in [-0.2, 0) is 4.79 Å². The molecule has 0 saturated carbocycles. The molecule has 0 heterocycles. The molecule has 4 nitrogen and oxygen atoms in total. The zero-order valence-electron chi connectivity index (χ0n) is 8.26. The van der Waals surface area contributed by atoms with Gasteiger partial charge in [0.2, 0.25) is 0 Å². The van der Waals surface area contributed by atoms with Crippen LogP contribution in [0.15, 0.2) is 36.9 Å². The van der Waals surface area contributed by atoms with Crippen LogP contribution in [0.3, 0.4) is 0 Å². The summed E-state index contributed by atoms with van der Waals surface area (Å²) in [5.74, 6) is -0.976. The van der Waals surface area contributed by atoms with Gasteiger partial charge in [0.25, 0.3) is 0 Å². The predicted octanol–water partition coefficient (Wildman–Crippen LogP) is 0.755. The second kappa shape index (κ2) is 7.73. The highest BCUT2D eigenvalue weighted by atomic mass is 16.4. The molecule has 0 atom stereocenters. The van der Waals surface area contributed by atoms with Gasteiger partial charge in [0.05, 0.1) is 18.8 Å². The lowest BCUT2D eigenvalue weighted by Gasteiger charge is -1.97. The van der Waals surface area contributed by atoms with Crippen LogP contribution in [-0.4, -0.2) is 34.5 Å². The summed E-state index contributed by atoms with van der Waals surface area (Å²) in [5, 5.41) is 23.8. The monoisotopic (exact) mass is 210 g/mol. The van der Waals surface area contributed by atoms with E-state index in [0.717, 1.165) is 0 Å². The number of aliphatic hydroxyl groups is 2. The van der Waals surface area contributed by atoms with Crippen molar-refractivity contribution in [1.29, 1.82) is 0 Å². The van der Waals surface area contributed by atoms with Gasteiger partial charge in [-0.3, -0.25) is 0 Å². The Bertz CT molecular complexity index is 304. The van der Waals surface area contributed by atoms with Crippen molar-refractivity contribution in [2.45, 2.75) is 0 Å². The number of aliphatic carboxylic acids is 1. The number of carboxylic acids is 1. The standard InChI is InChI=1S/C9H8O2.C2H6O2/c1-7(9(10)11)8-5-3-2-4-6-8;3-1-2-4/h2-6H,1H2,(H,10,11);3-4H,1-2H2. The second-order valence-corrected chi connectivity index (χ2v) is 2.60. The molecule has 3 N–H and O–H groups in total. The first-order valence-electron chi connectivity index (χ1n) is 4.32. The van der Waals surface area contributed by atoms with Gasteiger partial charge >= 0.3 is 5.97 Å². The summed E-state index contributed by atoms with van der Waals surface area (Å²) < 4.78 is 0. The summed E-state index contributed by atoms with van der Waals surface area (Å²) in [6, 6.07) is 8.83. The lowest BCUT2D eigenvalue weighted by atomic mass is 10.1. The summed E-state index contributed by atoms with van der Waals surface area (Å²) in [4.78, 5) is 10.4. The Kier molecular flexibility index (Phi) is 6.88. The first-order valence-corrected chi connectivity index (χ1v) is 4.32. The summed E-state index contributed by atoms with van der Waals surface area (Å²) in [6.45, 7) is 3.17. The molecule has 0 radical (unpaired) electrons. The highest BCUT2D eigenvalue weighted by Crippen LogP contribution is 2.10. The largest absolute Gasteiger partial charge is 0.478 e. The maximum absolute atomic E-state index is 10.4. The molecule has 1 aromatic rings. The molecular weight excluding hydrogens is 196 g/mol. The molecule has 0 aliphatic heterocycles. The van der Waals surface area contributed by atoms with Gasteiger partial charge in [0.1, 0.15) is 0 Å². The van der Waals surface area contributed by atoms with Crippen molar-refractivity contribution in [2.75, 3.05) is 13.2 Å². The van der Waals surface area contributed by atoms with Crippen molar-refractivity contribution in [3.05, 3.63) is 42.5 Å². The van der Waals surface area contributed by atoms with Gasteiger partial charge in [-0.05, 0) is 5.56 Å². The van der Waals surface area contributed by atoms with Crippen molar-refractivity contribution >= 4 is 11.5 Å². The Labute approximate surface area is 88.1 Å². The first kappa shape index (κ1) is 13.4. The van der Waals surface area contributed by atoms with Gasteiger partial charge in [-0.1, -0.05) is 36.9 Å². The average Bonchev–Trinajstić information content (AvgIpc) is 2.29. The number of rotatable bonds is 3. The molecule has 0 fully saturated rings. The lowest BCUT2D eigenvalue weighted by molar-refractivity contribution is -0.130. The van der Waals surface area contributed by atoms with Crippen LogP contribution in [0.5, 0.6) is 0 Å². The van der Waals surface area contributed by atoms with E-state index in [-0.39, 0.29) is 18.8 Å². The Morgan fingerprint density at radius 2 is 1.60 bits per heavy atom. The van der Waals surface area contributed by atoms with Gasteiger partial charge in [0.15, 0.2) is 0 Å². The topological polar surface area (TPSA) is 77.8 Å². The van der Waals surface area contributed by atoms with Gasteiger partial charge in [0, 0.05) is 0 Å². The normalized spacial score (nSPS) is 8.67. The zero-order valence-corrected chi connectivity index (χ0v) is 8.26. The minimum Gasteiger partial charge on any atom is -0.478 e. The molecular formula is C11H14O4. The molecule has 15 heavy (non-hydrogen) atoms. The lowest BCUT2D eigenvalue weighted by Crippen LogP contribution is -1.96. The smallest absolute Gasteiger partial charge is 0.335 e. The zero-order chi connectivity index (χ0) is 11.7. The fourth-order valence-corrected chi connectivity index (χ4v) is 0.763. The van der Waals surface area contributed by atoms with E-state index < -0.39 is 5.97 Å². The van der Waals surface area contributed by atoms with Crippen LogP contribution in [0.2, 0.25) is 0 Å². The molecule has 0 spiro atoms. The SMILES string of the molecule is C=C(C(=O)O)c1ccccc1.OCCO. The number of hydrogen-bond acceptors (Lipinski definition) is 3. The number of benzene rings is 1. The Balaban J connectivity index is 0.000000423. The van der Waals surface area contributed by atoms with Crippen LogP contribution in [0.4, 0.5) is 0 Å². The maximum atomic E-state index is 10.4. The third-order valence-electron chi connectivity index (χ3n) is 1.48. The molecule has 1 rings (SSSR count). The molecule has 0 amide bonds. The molecule has 0 unspecified atom stereocenters. The third kappa shape index (κ3) is 5.61. The molecule has 0 bridgehead atoms. The van der Waals surface area contributed by atoms with Gasteiger partial charge in [-0.25, -0.2) is 4.79 Å². The molecule has 0 saturated heterocycles. The Morgan fingerprint density at radius 1 is 1.13 bits per heavy atom. The fourth-order valence-electron chi connectivity index (χ4n) is 0.763. The maximum Gasteiger partial charge on any atom is 0.335 e. The van der Waals surface area contributed by atoms with Crippen LogP contribution in [0.25, 0.3) is 5.57 Å². The molecule has 82 valence electrons. The second-order valence-electron chi connectivity index (χ2n) is 2.60. The first-order chi connectivity index (χ1) is 7.13. The molecule has 0 aromatic heterocycles. The molecule has 0 aliphatic rings. The molecule has 4 heteroatoms.